The Labute approximate surface area is 260 Å². The Morgan fingerprint density at radius 2 is 0.783 bits per heavy atom. The molecule has 4 heterocycles. The van der Waals surface area contributed by atoms with Crippen molar-refractivity contribution >= 4 is 35.8 Å². The van der Waals surface area contributed by atoms with E-state index in [4.69, 9.17) is 37.9 Å². The predicted molar refractivity (Wildman–Crippen MR) is 145 cm³/mol. The summed E-state index contributed by atoms with van der Waals surface area (Å²) in [5.74, 6) is -13.4. The molecule has 1 saturated carbocycles. The summed E-state index contributed by atoms with van der Waals surface area (Å²) >= 11 is 0. The molecule has 16 nitrogen and oxygen atoms in total. The van der Waals surface area contributed by atoms with Crippen LogP contribution in [0.3, 0.4) is 0 Å². The average Bonchev–Trinajstić information content (AvgIpc) is 2.91. The number of carbonyl (C=O) groups is 6. The monoisotopic (exact) mass is 644 g/mol. The summed E-state index contributed by atoms with van der Waals surface area (Å²) in [6.45, 7) is 5.54. The average molecular weight is 645 g/mol. The van der Waals surface area contributed by atoms with Gasteiger partial charge in [0, 0.05) is 53.4 Å². The molecule has 0 aromatic heterocycles. The summed E-state index contributed by atoms with van der Waals surface area (Å²) in [4.78, 5) is 73.8. The van der Waals surface area contributed by atoms with Crippen LogP contribution in [0.25, 0.3) is 0 Å². The number of aliphatic hydroxyl groups is 2. The highest BCUT2D eigenvalue weighted by Crippen LogP contribution is 2.46. The van der Waals surface area contributed by atoms with Gasteiger partial charge in [-0.3, -0.25) is 0 Å². The van der Waals surface area contributed by atoms with Gasteiger partial charge < -0.3 is 48.1 Å². The molecular weight excluding hydrogens is 616 g/mol. The van der Waals surface area contributed by atoms with E-state index in [9.17, 15) is 39.0 Å². The predicted octanol–water partition coefficient (Wildman–Crippen LogP) is 2.28. The van der Waals surface area contributed by atoms with Crippen molar-refractivity contribution in [3.05, 3.63) is 70.6 Å². The molecule has 2 spiro atoms. The molecule has 0 aromatic carbocycles. The van der Waals surface area contributed by atoms with Crippen LogP contribution in [0.4, 0.5) is 0 Å². The van der Waals surface area contributed by atoms with Crippen LogP contribution in [0.2, 0.25) is 0 Å². The van der Waals surface area contributed by atoms with Crippen molar-refractivity contribution in [2.75, 3.05) is 0 Å². The highest BCUT2D eigenvalue weighted by Gasteiger charge is 2.55. The molecular formula is C30H28O16. The summed E-state index contributed by atoms with van der Waals surface area (Å²) in [5, 5.41) is 21.0. The Morgan fingerprint density at radius 3 is 1.07 bits per heavy atom. The third kappa shape index (κ3) is 6.31. The molecule has 0 radical (unpaired) electrons. The summed E-state index contributed by atoms with van der Waals surface area (Å²) in [6, 6.07) is 0. The third-order valence-corrected chi connectivity index (χ3v) is 7.08. The van der Waals surface area contributed by atoms with Crippen LogP contribution in [-0.2, 0) is 66.7 Å². The number of rotatable bonds is 4. The molecule has 2 N–H and O–H groups in total. The molecule has 1 aliphatic carbocycles. The van der Waals surface area contributed by atoms with E-state index < -0.39 is 93.1 Å². The first-order chi connectivity index (χ1) is 21.4. The molecule has 5 rings (SSSR count). The summed E-state index contributed by atoms with van der Waals surface area (Å²) in [6.07, 6.45) is 5.93. The lowest BCUT2D eigenvalue weighted by atomic mass is 9.87. The molecule has 46 heavy (non-hydrogen) atoms. The molecule has 0 aromatic rings. The van der Waals surface area contributed by atoms with Gasteiger partial charge in [-0.2, -0.15) is 0 Å². The van der Waals surface area contributed by atoms with Crippen molar-refractivity contribution in [3.8, 4) is 0 Å². The number of aliphatic hydroxyl groups excluding tert-OH is 2. The molecule has 2 saturated heterocycles. The number of cyclic esters (lactones) is 4. The summed E-state index contributed by atoms with van der Waals surface area (Å²) in [7, 11) is 0. The van der Waals surface area contributed by atoms with E-state index in [-0.39, 0.29) is 25.7 Å². The minimum absolute atomic E-state index is 0.129. The van der Waals surface area contributed by atoms with E-state index >= 15 is 0 Å². The van der Waals surface area contributed by atoms with E-state index in [2.05, 4.69) is 0 Å². The summed E-state index contributed by atoms with van der Waals surface area (Å²) < 4.78 is 41.9. The number of ether oxygens (including phenoxy) is 8. The largest absolute Gasteiger partial charge is 0.480 e. The summed E-state index contributed by atoms with van der Waals surface area (Å²) in [5.41, 5.74) is -1.70. The fraction of sp³-hybridized carbons (Fsp3) is 0.400. The number of carbonyl (C=O) groups excluding carboxylic acids is 6. The molecule has 4 aliphatic heterocycles. The van der Waals surface area contributed by atoms with Gasteiger partial charge in [0.15, 0.2) is 0 Å². The van der Waals surface area contributed by atoms with Gasteiger partial charge in [-0.25, -0.2) is 28.8 Å². The number of hydrogen-bond acceptors (Lipinski definition) is 16. The van der Waals surface area contributed by atoms with Crippen molar-refractivity contribution in [1.82, 2.24) is 0 Å². The molecule has 0 unspecified atom stereocenters. The lowest BCUT2D eigenvalue weighted by Gasteiger charge is -2.46. The van der Waals surface area contributed by atoms with Gasteiger partial charge in [0.25, 0.3) is 35.0 Å². The van der Waals surface area contributed by atoms with Gasteiger partial charge >= 0.3 is 35.8 Å². The lowest BCUT2D eigenvalue weighted by Crippen LogP contribution is -2.53. The Bertz CT molecular complexity index is 1460. The smallest absolute Gasteiger partial charge is 0.348 e. The Balaban J connectivity index is 1.23. The first-order valence-corrected chi connectivity index (χ1v) is 13.8. The maximum Gasteiger partial charge on any atom is 0.348 e. The Morgan fingerprint density at radius 1 is 0.478 bits per heavy atom. The Hall–Kier alpha value is -5.54. The van der Waals surface area contributed by atoms with Crippen LogP contribution in [0, 0.1) is 0 Å². The van der Waals surface area contributed by atoms with Crippen LogP contribution < -0.4 is 0 Å². The van der Waals surface area contributed by atoms with Gasteiger partial charge in [-0.1, -0.05) is 12.2 Å². The molecule has 0 atom stereocenters. The van der Waals surface area contributed by atoms with Gasteiger partial charge in [0.2, 0.25) is 0 Å². The normalized spacial score (nSPS) is 25.0. The number of allylic oxidation sites excluding steroid dienone is 4. The second-order valence-electron chi connectivity index (χ2n) is 11.5. The molecule has 3 fully saturated rings. The molecule has 5 aliphatic rings. The van der Waals surface area contributed by atoms with E-state index in [1.807, 2.05) is 0 Å². The van der Waals surface area contributed by atoms with Crippen molar-refractivity contribution in [1.29, 1.82) is 0 Å². The topological polar surface area (TPSA) is 217 Å². The fourth-order valence-electron chi connectivity index (χ4n) is 4.90. The third-order valence-electron chi connectivity index (χ3n) is 7.08. The van der Waals surface area contributed by atoms with Gasteiger partial charge in [0.1, 0.15) is 22.3 Å². The van der Waals surface area contributed by atoms with Crippen LogP contribution >= 0.6 is 0 Å². The Kier molecular flexibility index (Phi) is 7.70. The van der Waals surface area contributed by atoms with E-state index in [0.29, 0.717) is 0 Å². The van der Waals surface area contributed by atoms with Crippen LogP contribution in [-0.4, -0.2) is 69.2 Å². The zero-order valence-electron chi connectivity index (χ0n) is 24.9. The van der Waals surface area contributed by atoms with Crippen molar-refractivity contribution in [3.63, 3.8) is 0 Å². The minimum atomic E-state index is -1.65. The zero-order valence-corrected chi connectivity index (χ0v) is 24.9. The SMILES string of the molecule is CC1(C)OC(=O)C(=CC=CC2=C(O)OC3(CCC4(CC3)OC(=O)C(C=CC=C3C(=O)OC(C)(C)OC3=O)=C(O)O4)OC2=O)C(=O)O1. The quantitative estimate of drug-likeness (QED) is 0.194. The first-order valence-electron chi connectivity index (χ1n) is 13.8. The zero-order chi connectivity index (χ0) is 33.7. The molecule has 16 heteroatoms. The minimum Gasteiger partial charge on any atom is -0.480 e. The van der Waals surface area contributed by atoms with Crippen LogP contribution in [0.15, 0.2) is 70.6 Å². The maximum atomic E-state index is 12.8. The van der Waals surface area contributed by atoms with Crippen molar-refractivity contribution in [2.45, 2.75) is 76.5 Å². The molecule has 244 valence electrons. The number of esters is 6. The van der Waals surface area contributed by atoms with Gasteiger partial charge in [-0.05, 0) is 24.3 Å². The molecule has 0 bridgehead atoms. The van der Waals surface area contributed by atoms with E-state index in [1.54, 1.807) is 0 Å². The van der Waals surface area contributed by atoms with Gasteiger partial charge in [0.05, 0.1) is 0 Å². The molecule has 0 amide bonds. The second-order valence-corrected chi connectivity index (χ2v) is 11.5. The second kappa shape index (κ2) is 11.1. The number of hydrogen-bond donors (Lipinski definition) is 2. The fourth-order valence-corrected chi connectivity index (χ4v) is 4.90. The standard InChI is InChI=1S/C30H28O16/c1-27(2)39-19(31)15(20(32)40-27)7-5-9-17-23(35)43-29(44-24(17)36)11-13-30(14-12-29)45-25(37)18(26(38)46-30)10-6-8-16-21(33)41-28(3,4)42-22(16)34/h5-10,35,37H,11-14H2,1-4H3. The van der Waals surface area contributed by atoms with Crippen LogP contribution in [0.1, 0.15) is 53.4 Å². The maximum absolute atomic E-state index is 12.8. The van der Waals surface area contributed by atoms with E-state index in [0.717, 1.165) is 36.5 Å². The van der Waals surface area contributed by atoms with Crippen molar-refractivity contribution < 1.29 is 76.9 Å². The lowest BCUT2D eigenvalue weighted by molar-refractivity contribution is -0.302. The first kappa shape index (κ1) is 31.9. The van der Waals surface area contributed by atoms with Crippen LogP contribution in [0.5, 0.6) is 0 Å². The van der Waals surface area contributed by atoms with Gasteiger partial charge in [-0.15, -0.1) is 0 Å². The van der Waals surface area contributed by atoms with E-state index in [1.165, 1.54) is 27.7 Å². The highest BCUT2D eigenvalue weighted by molar-refractivity contribution is 6.16. The van der Waals surface area contributed by atoms with Crippen molar-refractivity contribution in [2.24, 2.45) is 0 Å². The highest BCUT2D eigenvalue weighted by atomic mass is 16.8.